The molecule has 0 radical (unpaired) electrons. The molecule has 1 aromatic carbocycles. The maximum Gasteiger partial charge on any atom is 0.118 e. The van der Waals surface area contributed by atoms with Crippen molar-refractivity contribution in [3.63, 3.8) is 0 Å². The maximum atomic E-state index is 5.25. The molecule has 3 rings (SSSR count). The molecule has 0 aliphatic heterocycles. The third-order valence-electron chi connectivity index (χ3n) is 6.86. The summed E-state index contributed by atoms with van der Waals surface area (Å²) in [4.78, 5) is 0. The first kappa shape index (κ1) is 14.9. The number of nitrogens with one attached hydrogen (secondary N) is 1. The predicted octanol–water partition coefficient (Wildman–Crippen LogP) is 4.56. The normalized spacial score (nSPS) is 34.9. The standard InChI is InChI=1S/C19H29NO/c1-13(14-6-8-16(21-5)9-7-14)20-17-12-15-10-11-19(17,4)18(15,2)3/h6-9,13,15,17,20H,10-12H2,1-5H3/t13-,15?,17?,19?/m1/s1. The first-order valence-electron chi connectivity index (χ1n) is 8.28. The van der Waals surface area contributed by atoms with E-state index in [1.165, 1.54) is 24.8 Å². The summed E-state index contributed by atoms with van der Waals surface area (Å²) < 4.78 is 5.25. The van der Waals surface area contributed by atoms with Gasteiger partial charge in [-0.3, -0.25) is 0 Å². The van der Waals surface area contributed by atoms with Crippen LogP contribution in [0.2, 0.25) is 0 Å². The van der Waals surface area contributed by atoms with Crippen LogP contribution in [-0.4, -0.2) is 13.2 Å². The average molecular weight is 287 g/mol. The van der Waals surface area contributed by atoms with Gasteiger partial charge in [-0.2, -0.15) is 0 Å². The van der Waals surface area contributed by atoms with Gasteiger partial charge >= 0.3 is 0 Å². The summed E-state index contributed by atoms with van der Waals surface area (Å²) in [6.07, 6.45) is 4.13. The molecule has 0 spiro atoms. The smallest absolute Gasteiger partial charge is 0.118 e. The Kier molecular flexibility index (Phi) is 3.56. The zero-order valence-electron chi connectivity index (χ0n) is 14.1. The molecule has 0 amide bonds. The molecule has 3 unspecified atom stereocenters. The summed E-state index contributed by atoms with van der Waals surface area (Å²) in [6, 6.07) is 9.50. The van der Waals surface area contributed by atoms with E-state index in [-0.39, 0.29) is 0 Å². The largest absolute Gasteiger partial charge is 0.497 e. The first-order chi connectivity index (χ1) is 9.88. The molecule has 2 heteroatoms. The second kappa shape index (κ2) is 5.01. The molecule has 2 saturated carbocycles. The summed E-state index contributed by atoms with van der Waals surface area (Å²) in [5, 5.41) is 3.92. The lowest BCUT2D eigenvalue weighted by atomic mass is 9.69. The monoisotopic (exact) mass is 287 g/mol. The fraction of sp³-hybridized carbons (Fsp3) is 0.684. The summed E-state index contributed by atoms with van der Waals surface area (Å²) in [7, 11) is 1.72. The fourth-order valence-corrected chi connectivity index (χ4v) is 4.75. The topological polar surface area (TPSA) is 21.3 Å². The lowest BCUT2D eigenvalue weighted by Crippen LogP contribution is -2.45. The van der Waals surface area contributed by atoms with E-state index < -0.39 is 0 Å². The second-order valence-electron chi connectivity index (χ2n) is 7.82. The predicted molar refractivity (Wildman–Crippen MR) is 87.6 cm³/mol. The Bertz CT molecular complexity index is 507. The van der Waals surface area contributed by atoms with E-state index in [0.29, 0.717) is 22.9 Å². The number of fused-ring (bicyclic) bond motifs is 2. The summed E-state index contributed by atoms with van der Waals surface area (Å²) in [6.45, 7) is 9.73. The second-order valence-corrected chi connectivity index (χ2v) is 7.82. The molecule has 4 atom stereocenters. The highest BCUT2D eigenvalue weighted by atomic mass is 16.5. The van der Waals surface area contributed by atoms with Crippen LogP contribution >= 0.6 is 0 Å². The van der Waals surface area contributed by atoms with E-state index in [4.69, 9.17) is 4.74 Å². The van der Waals surface area contributed by atoms with Gasteiger partial charge in [-0.05, 0) is 60.6 Å². The number of hydrogen-bond donors (Lipinski definition) is 1. The molecular weight excluding hydrogens is 258 g/mol. The van der Waals surface area contributed by atoms with Gasteiger partial charge in [0.2, 0.25) is 0 Å². The van der Waals surface area contributed by atoms with Gasteiger partial charge in [-0.1, -0.05) is 32.9 Å². The molecule has 2 aliphatic carbocycles. The SMILES string of the molecule is COc1ccc([C@@H](C)NC2CC3CCC2(C)C3(C)C)cc1. The maximum absolute atomic E-state index is 5.25. The van der Waals surface area contributed by atoms with E-state index >= 15 is 0 Å². The van der Waals surface area contributed by atoms with Crippen LogP contribution in [0.25, 0.3) is 0 Å². The number of rotatable bonds is 4. The van der Waals surface area contributed by atoms with Gasteiger partial charge in [0.25, 0.3) is 0 Å². The van der Waals surface area contributed by atoms with E-state index in [0.717, 1.165) is 11.7 Å². The van der Waals surface area contributed by atoms with Gasteiger partial charge in [-0.25, -0.2) is 0 Å². The number of hydrogen-bond acceptors (Lipinski definition) is 2. The van der Waals surface area contributed by atoms with Crippen LogP contribution in [0.4, 0.5) is 0 Å². The molecule has 0 saturated heterocycles. The minimum Gasteiger partial charge on any atom is -0.497 e. The lowest BCUT2D eigenvalue weighted by Gasteiger charge is -2.40. The molecule has 116 valence electrons. The molecule has 0 heterocycles. The molecule has 1 N–H and O–H groups in total. The van der Waals surface area contributed by atoms with Gasteiger partial charge < -0.3 is 10.1 Å². The Labute approximate surface area is 129 Å². The summed E-state index contributed by atoms with van der Waals surface area (Å²) >= 11 is 0. The lowest BCUT2D eigenvalue weighted by molar-refractivity contribution is 0.116. The Morgan fingerprint density at radius 3 is 2.33 bits per heavy atom. The van der Waals surface area contributed by atoms with Crippen molar-refractivity contribution in [1.82, 2.24) is 5.32 Å². The highest BCUT2D eigenvalue weighted by molar-refractivity contribution is 5.29. The van der Waals surface area contributed by atoms with Crippen LogP contribution in [0, 0.1) is 16.7 Å². The van der Waals surface area contributed by atoms with Crippen molar-refractivity contribution in [1.29, 1.82) is 0 Å². The van der Waals surface area contributed by atoms with Crippen LogP contribution in [0.1, 0.15) is 58.6 Å². The van der Waals surface area contributed by atoms with Crippen LogP contribution in [-0.2, 0) is 0 Å². The van der Waals surface area contributed by atoms with Crippen LogP contribution < -0.4 is 10.1 Å². The molecule has 21 heavy (non-hydrogen) atoms. The quantitative estimate of drug-likeness (QED) is 0.876. The zero-order chi connectivity index (χ0) is 15.3. The van der Waals surface area contributed by atoms with Crippen molar-refractivity contribution >= 4 is 0 Å². The van der Waals surface area contributed by atoms with E-state index in [1.54, 1.807) is 7.11 Å². The fourth-order valence-electron chi connectivity index (χ4n) is 4.75. The molecule has 2 aliphatic rings. The molecule has 1 aromatic rings. The summed E-state index contributed by atoms with van der Waals surface area (Å²) in [5.74, 6) is 1.82. The van der Waals surface area contributed by atoms with Crippen molar-refractivity contribution in [2.24, 2.45) is 16.7 Å². The Morgan fingerprint density at radius 1 is 1.19 bits per heavy atom. The molecule has 0 aromatic heterocycles. The van der Waals surface area contributed by atoms with Gasteiger partial charge in [0.15, 0.2) is 0 Å². The van der Waals surface area contributed by atoms with E-state index in [1.807, 2.05) is 0 Å². The highest BCUT2D eigenvalue weighted by Gasteiger charge is 2.61. The van der Waals surface area contributed by atoms with Gasteiger partial charge in [0.1, 0.15) is 5.75 Å². The number of ether oxygens (including phenoxy) is 1. The number of benzene rings is 1. The first-order valence-corrected chi connectivity index (χ1v) is 8.28. The molecule has 2 bridgehead atoms. The van der Waals surface area contributed by atoms with Crippen LogP contribution in [0.3, 0.4) is 0 Å². The van der Waals surface area contributed by atoms with Gasteiger partial charge in [-0.15, -0.1) is 0 Å². The Morgan fingerprint density at radius 2 is 1.86 bits per heavy atom. The third-order valence-corrected chi connectivity index (χ3v) is 6.86. The molecular formula is C19H29NO. The molecule has 2 fully saturated rings. The van der Waals surface area contributed by atoms with Crippen molar-refractivity contribution in [3.8, 4) is 5.75 Å². The zero-order valence-corrected chi connectivity index (χ0v) is 14.1. The third kappa shape index (κ3) is 2.19. The van der Waals surface area contributed by atoms with Crippen molar-refractivity contribution in [3.05, 3.63) is 29.8 Å². The van der Waals surface area contributed by atoms with Crippen LogP contribution in [0.15, 0.2) is 24.3 Å². The van der Waals surface area contributed by atoms with E-state index in [2.05, 4.69) is 57.3 Å². The van der Waals surface area contributed by atoms with Crippen molar-refractivity contribution in [2.45, 2.75) is 59.0 Å². The van der Waals surface area contributed by atoms with Crippen molar-refractivity contribution < 1.29 is 4.74 Å². The van der Waals surface area contributed by atoms with Crippen molar-refractivity contribution in [2.75, 3.05) is 7.11 Å². The minimum absolute atomic E-state index is 0.396. The summed E-state index contributed by atoms with van der Waals surface area (Å²) in [5.41, 5.74) is 2.27. The number of methoxy groups -OCH3 is 1. The van der Waals surface area contributed by atoms with Gasteiger partial charge in [0.05, 0.1) is 7.11 Å². The van der Waals surface area contributed by atoms with Crippen LogP contribution in [0.5, 0.6) is 5.75 Å². The average Bonchev–Trinajstić information content (AvgIpc) is 2.80. The minimum atomic E-state index is 0.396. The highest BCUT2D eigenvalue weighted by Crippen LogP contribution is 2.65. The molecule has 2 nitrogen and oxygen atoms in total. The van der Waals surface area contributed by atoms with Gasteiger partial charge in [0, 0.05) is 12.1 Å². The Balaban J connectivity index is 1.72. The van der Waals surface area contributed by atoms with E-state index in [9.17, 15) is 0 Å². The Hall–Kier alpha value is -1.02.